The maximum Gasteiger partial charge on any atom is 0.119 e. The Labute approximate surface area is 84.8 Å². The standard InChI is InChI=1S/C12H16O2/c1-3-14-11-6-4-5-10(7-11)12(2)8-13-9-12/h4-7H,3,8-9H2,1-2H3. The van der Waals surface area contributed by atoms with E-state index in [1.165, 1.54) is 5.56 Å². The summed E-state index contributed by atoms with van der Waals surface area (Å²) in [7, 11) is 0. The molecule has 0 radical (unpaired) electrons. The van der Waals surface area contributed by atoms with Crippen LogP contribution in [0.25, 0.3) is 0 Å². The van der Waals surface area contributed by atoms with Gasteiger partial charge >= 0.3 is 0 Å². The second-order valence-electron chi connectivity index (χ2n) is 4.01. The SMILES string of the molecule is CCOc1cccc(C2(C)COC2)c1. The van der Waals surface area contributed by atoms with E-state index in [1.54, 1.807) is 0 Å². The third kappa shape index (κ3) is 1.62. The molecular weight excluding hydrogens is 176 g/mol. The van der Waals surface area contributed by atoms with Crippen LogP contribution in [0.4, 0.5) is 0 Å². The van der Waals surface area contributed by atoms with Crippen molar-refractivity contribution in [2.75, 3.05) is 19.8 Å². The number of hydrogen-bond donors (Lipinski definition) is 0. The molecule has 0 saturated carbocycles. The van der Waals surface area contributed by atoms with Crippen molar-refractivity contribution in [3.63, 3.8) is 0 Å². The van der Waals surface area contributed by atoms with Crippen molar-refractivity contribution < 1.29 is 9.47 Å². The molecule has 0 amide bonds. The summed E-state index contributed by atoms with van der Waals surface area (Å²) in [6, 6.07) is 8.30. The summed E-state index contributed by atoms with van der Waals surface area (Å²) in [5.74, 6) is 0.957. The van der Waals surface area contributed by atoms with Gasteiger partial charge in [0.1, 0.15) is 5.75 Å². The summed E-state index contributed by atoms with van der Waals surface area (Å²) in [5, 5.41) is 0. The number of hydrogen-bond acceptors (Lipinski definition) is 2. The number of rotatable bonds is 3. The first-order chi connectivity index (χ1) is 6.74. The van der Waals surface area contributed by atoms with Gasteiger partial charge in [-0.05, 0) is 24.6 Å². The maximum absolute atomic E-state index is 5.47. The molecule has 14 heavy (non-hydrogen) atoms. The first-order valence-corrected chi connectivity index (χ1v) is 5.06. The lowest BCUT2D eigenvalue weighted by Gasteiger charge is -2.38. The molecule has 1 aliphatic rings. The van der Waals surface area contributed by atoms with Gasteiger partial charge < -0.3 is 9.47 Å². The zero-order chi connectivity index (χ0) is 10.0. The predicted molar refractivity (Wildman–Crippen MR) is 55.8 cm³/mol. The van der Waals surface area contributed by atoms with E-state index >= 15 is 0 Å². The van der Waals surface area contributed by atoms with Crippen molar-refractivity contribution in [1.82, 2.24) is 0 Å². The van der Waals surface area contributed by atoms with Crippen molar-refractivity contribution in [2.45, 2.75) is 19.3 Å². The molecule has 0 bridgehead atoms. The van der Waals surface area contributed by atoms with Crippen LogP contribution in [0.2, 0.25) is 0 Å². The van der Waals surface area contributed by atoms with Crippen molar-refractivity contribution in [3.8, 4) is 5.75 Å². The molecule has 0 spiro atoms. The zero-order valence-corrected chi connectivity index (χ0v) is 8.75. The molecule has 0 unspecified atom stereocenters. The topological polar surface area (TPSA) is 18.5 Å². The van der Waals surface area contributed by atoms with Crippen LogP contribution >= 0.6 is 0 Å². The van der Waals surface area contributed by atoms with Crippen molar-refractivity contribution in [3.05, 3.63) is 29.8 Å². The van der Waals surface area contributed by atoms with Gasteiger partial charge in [0.2, 0.25) is 0 Å². The van der Waals surface area contributed by atoms with Gasteiger partial charge in [0.25, 0.3) is 0 Å². The highest BCUT2D eigenvalue weighted by Crippen LogP contribution is 2.33. The summed E-state index contributed by atoms with van der Waals surface area (Å²) in [5.41, 5.74) is 1.52. The fourth-order valence-electron chi connectivity index (χ4n) is 1.70. The van der Waals surface area contributed by atoms with Gasteiger partial charge in [-0.15, -0.1) is 0 Å². The average Bonchev–Trinajstić information content (AvgIpc) is 2.15. The molecule has 2 nitrogen and oxygen atoms in total. The third-order valence-corrected chi connectivity index (χ3v) is 2.68. The van der Waals surface area contributed by atoms with Crippen LogP contribution in [-0.2, 0) is 10.2 Å². The second-order valence-corrected chi connectivity index (χ2v) is 4.01. The molecule has 76 valence electrons. The molecule has 2 heteroatoms. The van der Waals surface area contributed by atoms with Gasteiger partial charge in [-0.1, -0.05) is 19.1 Å². The summed E-state index contributed by atoms with van der Waals surface area (Å²) in [6.07, 6.45) is 0. The lowest BCUT2D eigenvalue weighted by atomic mass is 9.81. The van der Waals surface area contributed by atoms with Crippen molar-refractivity contribution in [1.29, 1.82) is 0 Å². The van der Waals surface area contributed by atoms with E-state index in [0.717, 1.165) is 25.6 Å². The second kappa shape index (κ2) is 3.62. The Bertz CT molecular complexity index is 316. The summed E-state index contributed by atoms with van der Waals surface area (Å²) in [6.45, 7) is 6.59. The minimum atomic E-state index is 0.201. The number of ether oxygens (including phenoxy) is 2. The van der Waals surface area contributed by atoms with E-state index in [-0.39, 0.29) is 5.41 Å². The Morgan fingerprint density at radius 1 is 1.43 bits per heavy atom. The molecule has 1 fully saturated rings. The quantitative estimate of drug-likeness (QED) is 0.732. The normalized spacial score (nSPS) is 18.7. The Morgan fingerprint density at radius 2 is 2.21 bits per heavy atom. The van der Waals surface area contributed by atoms with E-state index < -0.39 is 0 Å². The minimum absolute atomic E-state index is 0.201. The molecule has 1 aliphatic heterocycles. The fourth-order valence-corrected chi connectivity index (χ4v) is 1.70. The molecule has 0 aliphatic carbocycles. The number of benzene rings is 1. The summed E-state index contributed by atoms with van der Waals surface area (Å²) >= 11 is 0. The molecular formula is C12H16O2. The molecule has 1 heterocycles. The van der Waals surface area contributed by atoms with Crippen molar-refractivity contribution >= 4 is 0 Å². The molecule has 0 N–H and O–H groups in total. The summed E-state index contributed by atoms with van der Waals surface area (Å²) < 4.78 is 10.7. The van der Waals surface area contributed by atoms with Crippen LogP contribution in [0, 0.1) is 0 Å². The average molecular weight is 192 g/mol. The highest BCUT2D eigenvalue weighted by atomic mass is 16.5. The van der Waals surface area contributed by atoms with E-state index in [0.29, 0.717) is 0 Å². The largest absolute Gasteiger partial charge is 0.494 e. The lowest BCUT2D eigenvalue weighted by Crippen LogP contribution is -2.43. The third-order valence-electron chi connectivity index (χ3n) is 2.68. The van der Waals surface area contributed by atoms with Crippen LogP contribution in [0.15, 0.2) is 24.3 Å². The van der Waals surface area contributed by atoms with Gasteiger partial charge in [-0.2, -0.15) is 0 Å². The van der Waals surface area contributed by atoms with Crippen LogP contribution in [0.5, 0.6) is 5.75 Å². The first kappa shape index (κ1) is 9.53. The highest BCUT2D eigenvalue weighted by Gasteiger charge is 2.35. The van der Waals surface area contributed by atoms with Crippen LogP contribution in [-0.4, -0.2) is 19.8 Å². The summed E-state index contributed by atoms with van der Waals surface area (Å²) in [4.78, 5) is 0. The van der Waals surface area contributed by atoms with Gasteiger partial charge in [0, 0.05) is 5.41 Å². The van der Waals surface area contributed by atoms with Crippen LogP contribution in [0.3, 0.4) is 0 Å². The Morgan fingerprint density at radius 3 is 2.79 bits per heavy atom. The monoisotopic (exact) mass is 192 g/mol. The van der Waals surface area contributed by atoms with E-state index in [4.69, 9.17) is 9.47 Å². The Hall–Kier alpha value is -1.02. The Balaban J connectivity index is 2.21. The zero-order valence-electron chi connectivity index (χ0n) is 8.75. The highest BCUT2D eigenvalue weighted by molar-refractivity contribution is 5.34. The van der Waals surface area contributed by atoms with Gasteiger partial charge in [-0.25, -0.2) is 0 Å². The van der Waals surface area contributed by atoms with Gasteiger partial charge in [0.05, 0.1) is 19.8 Å². The molecule has 2 rings (SSSR count). The Kier molecular flexibility index (Phi) is 2.46. The van der Waals surface area contributed by atoms with E-state index in [9.17, 15) is 0 Å². The molecule has 0 aromatic heterocycles. The van der Waals surface area contributed by atoms with Crippen molar-refractivity contribution in [2.24, 2.45) is 0 Å². The van der Waals surface area contributed by atoms with Gasteiger partial charge in [-0.3, -0.25) is 0 Å². The van der Waals surface area contributed by atoms with Gasteiger partial charge in [0.15, 0.2) is 0 Å². The molecule has 1 saturated heterocycles. The maximum atomic E-state index is 5.47. The van der Waals surface area contributed by atoms with Crippen LogP contribution in [0.1, 0.15) is 19.4 Å². The predicted octanol–water partition coefficient (Wildman–Crippen LogP) is 2.37. The lowest BCUT2D eigenvalue weighted by molar-refractivity contribution is -0.0500. The molecule has 0 atom stereocenters. The molecule has 1 aromatic rings. The minimum Gasteiger partial charge on any atom is -0.494 e. The molecule has 1 aromatic carbocycles. The van der Waals surface area contributed by atoms with E-state index in [2.05, 4.69) is 19.1 Å². The fraction of sp³-hybridized carbons (Fsp3) is 0.500. The smallest absolute Gasteiger partial charge is 0.119 e. The van der Waals surface area contributed by atoms with Crippen LogP contribution < -0.4 is 4.74 Å². The first-order valence-electron chi connectivity index (χ1n) is 5.06. The van der Waals surface area contributed by atoms with E-state index in [1.807, 2.05) is 19.1 Å².